The Morgan fingerprint density at radius 1 is 1.25 bits per heavy atom. The van der Waals surface area contributed by atoms with Crippen molar-refractivity contribution in [2.45, 2.75) is 38.8 Å². The summed E-state index contributed by atoms with van der Waals surface area (Å²) < 4.78 is 0. The molecule has 1 aromatic carbocycles. The molecule has 4 heteroatoms. The molecule has 3 atom stereocenters. The summed E-state index contributed by atoms with van der Waals surface area (Å²) in [6, 6.07) is 6.66. The van der Waals surface area contributed by atoms with E-state index in [2.05, 4.69) is 31.1 Å². The summed E-state index contributed by atoms with van der Waals surface area (Å²) in [4.78, 5) is 2.43. The second-order valence-corrected chi connectivity index (χ2v) is 6.83. The number of piperidine rings is 1. The van der Waals surface area contributed by atoms with Crippen molar-refractivity contribution in [2.75, 3.05) is 20.1 Å². The van der Waals surface area contributed by atoms with E-state index in [-0.39, 0.29) is 6.04 Å². The van der Waals surface area contributed by atoms with Gasteiger partial charge in [0.25, 0.3) is 0 Å². The first-order valence-electron chi connectivity index (χ1n) is 7.37. The van der Waals surface area contributed by atoms with Crippen molar-refractivity contribution in [3.05, 3.63) is 33.8 Å². The SMILES string of the molecule is CC(NC(C)C1CCCN(C)C1)c1ccc(Cl)c(Cl)c1. The predicted octanol–water partition coefficient (Wildman–Crippen LogP) is 4.37. The van der Waals surface area contributed by atoms with Gasteiger partial charge in [-0.1, -0.05) is 29.3 Å². The molecule has 0 spiro atoms. The Bertz CT molecular complexity index is 450. The van der Waals surface area contributed by atoms with Gasteiger partial charge < -0.3 is 10.2 Å². The van der Waals surface area contributed by atoms with Gasteiger partial charge >= 0.3 is 0 Å². The lowest BCUT2D eigenvalue weighted by molar-refractivity contribution is 0.174. The average Bonchev–Trinajstić information content (AvgIpc) is 2.41. The number of nitrogens with zero attached hydrogens (tertiary/aromatic N) is 1. The van der Waals surface area contributed by atoms with Crippen molar-refractivity contribution < 1.29 is 0 Å². The van der Waals surface area contributed by atoms with Gasteiger partial charge in [-0.15, -0.1) is 0 Å². The average molecular weight is 315 g/mol. The van der Waals surface area contributed by atoms with Gasteiger partial charge in [0, 0.05) is 18.6 Å². The fraction of sp³-hybridized carbons (Fsp3) is 0.625. The summed E-state index contributed by atoms with van der Waals surface area (Å²) in [6.07, 6.45) is 2.61. The molecule has 2 nitrogen and oxygen atoms in total. The van der Waals surface area contributed by atoms with Crippen LogP contribution in [-0.2, 0) is 0 Å². The fourth-order valence-electron chi connectivity index (χ4n) is 3.02. The maximum Gasteiger partial charge on any atom is 0.0595 e. The summed E-state index contributed by atoms with van der Waals surface area (Å²) >= 11 is 12.1. The molecular formula is C16H24Cl2N2. The molecule has 1 aliphatic rings. The summed E-state index contributed by atoms with van der Waals surface area (Å²) in [5, 5.41) is 4.95. The first kappa shape index (κ1) is 16.1. The van der Waals surface area contributed by atoms with E-state index in [1.165, 1.54) is 31.5 Å². The van der Waals surface area contributed by atoms with E-state index in [1.54, 1.807) is 0 Å². The van der Waals surface area contributed by atoms with E-state index >= 15 is 0 Å². The first-order chi connectivity index (χ1) is 9.47. The van der Waals surface area contributed by atoms with E-state index in [0.29, 0.717) is 16.1 Å². The van der Waals surface area contributed by atoms with Crippen LogP contribution in [0.15, 0.2) is 18.2 Å². The minimum atomic E-state index is 0.284. The molecule has 0 amide bonds. The molecule has 0 aliphatic carbocycles. The van der Waals surface area contributed by atoms with E-state index in [4.69, 9.17) is 23.2 Å². The summed E-state index contributed by atoms with van der Waals surface area (Å²) in [7, 11) is 2.21. The third-order valence-electron chi connectivity index (χ3n) is 4.32. The van der Waals surface area contributed by atoms with Gasteiger partial charge in [-0.2, -0.15) is 0 Å². The molecular weight excluding hydrogens is 291 g/mol. The van der Waals surface area contributed by atoms with Gasteiger partial charge in [0.1, 0.15) is 0 Å². The molecule has 0 aromatic heterocycles. The topological polar surface area (TPSA) is 15.3 Å². The summed E-state index contributed by atoms with van der Waals surface area (Å²) in [5.74, 6) is 0.721. The molecule has 1 heterocycles. The largest absolute Gasteiger partial charge is 0.307 e. The monoisotopic (exact) mass is 314 g/mol. The van der Waals surface area contributed by atoms with Crippen LogP contribution in [0.4, 0.5) is 0 Å². The second-order valence-electron chi connectivity index (χ2n) is 6.02. The Kier molecular flexibility index (Phi) is 5.74. The second kappa shape index (κ2) is 7.13. The number of benzene rings is 1. The molecule has 112 valence electrons. The lowest BCUT2D eigenvalue weighted by Gasteiger charge is -2.35. The number of hydrogen-bond donors (Lipinski definition) is 1. The van der Waals surface area contributed by atoms with Crippen LogP contribution in [0.2, 0.25) is 10.0 Å². The minimum Gasteiger partial charge on any atom is -0.307 e. The lowest BCUT2D eigenvalue weighted by atomic mass is 9.91. The molecule has 1 aliphatic heterocycles. The molecule has 3 unspecified atom stereocenters. The number of hydrogen-bond acceptors (Lipinski definition) is 2. The van der Waals surface area contributed by atoms with Crippen molar-refractivity contribution in [3.63, 3.8) is 0 Å². The maximum atomic E-state index is 6.10. The van der Waals surface area contributed by atoms with Crippen LogP contribution < -0.4 is 5.32 Å². The molecule has 1 saturated heterocycles. The van der Waals surface area contributed by atoms with Crippen LogP contribution >= 0.6 is 23.2 Å². The molecule has 2 rings (SSSR count). The third-order valence-corrected chi connectivity index (χ3v) is 5.06. The molecule has 20 heavy (non-hydrogen) atoms. The van der Waals surface area contributed by atoms with Crippen LogP contribution in [0.1, 0.15) is 38.3 Å². The molecule has 0 radical (unpaired) electrons. The Hall–Kier alpha value is -0.280. The zero-order valence-electron chi connectivity index (χ0n) is 12.5. The number of rotatable bonds is 4. The van der Waals surface area contributed by atoms with Crippen LogP contribution in [-0.4, -0.2) is 31.1 Å². The zero-order valence-corrected chi connectivity index (χ0v) is 14.0. The van der Waals surface area contributed by atoms with Gasteiger partial charge in [-0.05, 0) is 63.9 Å². The standard InChI is InChI=1S/C16H24Cl2N2/c1-11(13-6-7-15(17)16(18)9-13)19-12(2)14-5-4-8-20(3)10-14/h6-7,9,11-12,14,19H,4-5,8,10H2,1-3H3. The first-order valence-corrected chi connectivity index (χ1v) is 8.12. The third kappa shape index (κ3) is 4.11. The highest BCUT2D eigenvalue weighted by molar-refractivity contribution is 6.42. The predicted molar refractivity (Wildman–Crippen MR) is 87.7 cm³/mol. The Labute approximate surface area is 132 Å². The van der Waals surface area contributed by atoms with Gasteiger partial charge in [0.15, 0.2) is 0 Å². The highest BCUT2D eigenvalue weighted by Gasteiger charge is 2.24. The maximum absolute atomic E-state index is 6.10. The molecule has 1 aromatic rings. The fourth-order valence-corrected chi connectivity index (χ4v) is 3.33. The lowest BCUT2D eigenvalue weighted by Crippen LogP contribution is -2.43. The molecule has 1 N–H and O–H groups in total. The number of likely N-dealkylation sites (tertiary alicyclic amines) is 1. The van der Waals surface area contributed by atoms with E-state index in [9.17, 15) is 0 Å². The van der Waals surface area contributed by atoms with Crippen molar-refractivity contribution in [3.8, 4) is 0 Å². The van der Waals surface area contributed by atoms with Crippen molar-refractivity contribution >= 4 is 23.2 Å². The molecule has 1 fully saturated rings. The summed E-state index contributed by atoms with van der Waals surface area (Å²) in [5.41, 5.74) is 1.19. The van der Waals surface area contributed by atoms with E-state index < -0.39 is 0 Å². The molecule has 0 bridgehead atoms. The molecule has 0 saturated carbocycles. The minimum absolute atomic E-state index is 0.284. The van der Waals surface area contributed by atoms with Crippen LogP contribution in [0, 0.1) is 5.92 Å². The van der Waals surface area contributed by atoms with Crippen molar-refractivity contribution in [1.82, 2.24) is 10.2 Å². The highest BCUT2D eigenvalue weighted by atomic mass is 35.5. The summed E-state index contributed by atoms with van der Waals surface area (Å²) in [6.45, 7) is 6.88. The quantitative estimate of drug-likeness (QED) is 0.887. The highest BCUT2D eigenvalue weighted by Crippen LogP contribution is 2.27. The zero-order chi connectivity index (χ0) is 14.7. The van der Waals surface area contributed by atoms with Crippen LogP contribution in [0.25, 0.3) is 0 Å². The van der Waals surface area contributed by atoms with Crippen molar-refractivity contribution in [2.24, 2.45) is 5.92 Å². The van der Waals surface area contributed by atoms with Crippen LogP contribution in [0.5, 0.6) is 0 Å². The Morgan fingerprint density at radius 3 is 2.65 bits per heavy atom. The van der Waals surface area contributed by atoms with Crippen molar-refractivity contribution in [1.29, 1.82) is 0 Å². The van der Waals surface area contributed by atoms with Gasteiger partial charge in [0.2, 0.25) is 0 Å². The van der Waals surface area contributed by atoms with Crippen LogP contribution in [0.3, 0.4) is 0 Å². The normalized spacial score (nSPS) is 23.6. The Balaban J connectivity index is 1.95. The van der Waals surface area contributed by atoms with E-state index in [0.717, 1.165) is 5.92 Å². The Morgan fingerprint density at radius 2 is 2.00 bits per heavy atom. The smallest absolute Gasteiger partial charge is 0.0595 e. The number of nitrogens with one attached hydrogen (secondary N) is 1. The van der Waals surface area contributed by atoms with E-state index in [1.807, 2.05) is 18.2 Å². The van der Waals surface area contributed by atoms with Gasteiger partial charge in [-0.25, -0.2) is 0 Å². The number of halogens is 2. The van der Waals surface area contributed by atoms with Gasteiger partial charge in [-0.3, -0.25) is 0 Å². The van der Waals surface area contributed by atoms with Gasteiger partial charge in [0.05, 0.1) is 10.0 Å².